The normalized spacial score (nSPS) is 14.3. The molecule has 2 heterocycles. The highest BCUT2D eigenvalue weighted by Gasteiger charge is 2.29. The van der Waals surface area contributed by atoms with Crippen LogP contribution in [0.2, 0.25) is 5.15 Å². The first-order chi connectivity index (χ1) is 13.9. The Labute approximate surface area is 175 Å². The molecule has 0 radical (unpaired) electrons. The SMILES string of the molecule is Cc1cc(N(CC(=O)NCCC2=CCCCC2)S(=O)(=O)c2ccc(Cl)nc2)no1. The number of rotatable bonds is 8. The maximum atomic E-state index is 13.1. The van der Waals surface area contributed by atoms with Crippen molar-refractivity contribution in [2.24, 2.45) is 0 Å². The molecule has 2 aromatic heterocycles. The standard InChI is InChI=1S/C19H23ClN4O4S/c1-14-11-18(23-28-14)24(29(26,27)16-7-8-17(20)22-12-16)13-19(25)21-10-9-15-5-3-2-4-6-15/h5,7-8,11-12H,2-4,6,9-10,13H2,1H3,(H,21,25). The van der Waals surface area contributed by atoms with Crippen molar-refractivity contribution in [2.45, 2.75) is 43.9 Å². The van der Waals surface area contributed by atoms with E-state index in [0.717, 1.165) is 29.8 Å². The maximum Gasteiger partial charge on any atom is 0.267 e. The van der Waals surface area contributed by atoms with E-state index in [1.54, 1.807) is 6.92 Å². The lowest BCUT2D eigenvalue weighted by Crippen LogP contribution is -2.41. The maximum absolute atomic E-state index is 13.1. The van der Waals surface area contributed by atoms with Gasteiger partial charge in [-0.1, -0.05) is 28.4 Å². The van der Waals surface area contributed by atoms with Gasteiger partial charge in [0.2, 0.25) is 5.91 Å². The minimum atomic E-state index is -4.08. The number of carbonyl (C=O) groups is 1. The van der Waals surface area contributed by atoms with Gasteiger partial charge in [-0.15, -0.1) is 0 Å². The fraction of sp³-hybridized carbons (Fsp3) is 0.421. The number of sulfonamides is 1. The van der Waals surface area contributed by atoms with E-state index in [-0.39, 0.29) is 15.9 Å². The molecule has 156 valence electrons. The Morgan fingerprint density at radius 2 is 2.17 bits per heavy atom. The number of nitrogens with one attached hydrogen (secondary N) is 1. The average Bonchev–Trinajstić information content (AvgIpc) is 3.13. The number of aryl methyl sites for hydroxylation is 1. The molecule has 0 spiro atoms. The van der Waals surface area contributed by atoms with E-state index < -0.39 is 22.5 Å². The number of amides is 1. The van der Waals surface area contributed by atoms with Gasteiger partial charge in [0.25, 0.3) is 10.0 Å². The van der Waals surface area contributed by atoms with E-state index in [2.05, 4.69) is 21.5 Å². The van der Waals surface area contributed by atoms with Crippen LogP contribution in [0.15, 0.2) is 45.5 Å². The first-order valence-corrected chi connectivity index (χ1v) is 11.2. The smallest absolute Gasteiger partial charge is 0.267 e. The second-order valence-corrected chi connectivity index (χ2v) is 9.08. The van der Waals surface area contributed by atoms with Crippen LogP contribution in [0.5, 0.6) is 0 Å². The lowest BCUT2D eigenvalue weighted by molar-refractivity contribution is -0.119. The summed E-state index contributed by atoms with van der Waals surface area (Å²) in [5.41, 5.74) is 1.33. The van der Waals surface area contributed by atoms with Crippen LogP contribution in [0.3, 0.4) is 0 Å². The summed E-state index contributed by atoms with van der Waals surface area (Å²) < 4.78 is 32.1. The highest BCUT2D eigenvalue weighted by Crippen LogP contribution is 2.23. The first kappa shape index (κ1) is 21.3. The molecule has 1 aliphatic rings. The first-order valence-electron chi connectivity index (χ1n) is 9.38. The van der Waals surface area contributed by atoms with E-state index in [4.69, 9.17) is 16.1 Å². The Balaban J connectivity index is 1.73. The summed E-state index contributed by atoms with van der Waals surface area (Å²) in [6.45, 7) is 1.68. The molecule has 10 heteroatoms. The molecular formula is C19H23ClN4O4S. The van der Waals surface area contributed by atoms with E-state index in [0.29, 0.717) is 12.3 Å². The van der Waals surface area contributed by atoms with Crippen LogP contribution in [0.4, 0.5) is 5.82 Å². The zero-order valence-electron chi connectivity index (χ0n) is 16.1. The number of pyridine rings is 1. The lowest BCUT2D eigenvalue weighted by atomic mass is 9.97. The number of halogens is 1. The highest BCUT2D eigenvalue weighted by atomic mass is 35.5. The molecule has 29 heavy (non-hydrogen) atoms. The second-order valence-electron chi connectivity index (χ2n) is 6.83. The third-order valence-electron chi connectivity index (χ3n) is 4.60. The summed E-state index contributed by atoms with van der Waals surface area (Å²) in [5, 5.41) is 6.73. The van der Waals surface area contributed by atoms with E-state index in [9.17, 15) is 13.2 Å². The van der Waals surface area contributed by atoms with Crippen molar-refractivity contribution in [3.05, 3.63) is 47.0 Å². The molecule has 0 fully saturated rings. The molecule has 3 rings (SSSR count). The average molecular weight is 439 g/mol. The molecule has 1 aliphatic carbocycles. The predicted molar refractivity (Wildman–Crippen MR) is 109 cm³/mol. The van der Waals surface area contributed by atoms with Crippen LogP contribution >= 0.6 is 11.6 Å². The number of carbonyl (C=O) groups excluding carboxylic acids is 1. The van der Waals surface area contributed by atoms with Gasteiger partial charge >= 0.3 is 0 Å². The van der Waals surface area contributed by atoms with Crippen LogP contribution < -0.4 is 9.62 Å². The Morgan fingerprint density at radius 1 is 1.34 bits per heavy atom. The Kier molecular flexibility index (Phi) is 6.92. The zero-order valence-corrected chi connectivity index (χ0v) is 17.7. The molecule has 0 saturated carbocycles. The Hall–Kier alpha value is -2.39. The molecule has 0 saturated heterocycles. The number of nitrogens with zero attached hydrogens (tertiary/aromatic N) is 3. The van der Waals surface area contributed by atoms with Gasteiger partial charge in [0, 0.05) is 18.8 Å². The van der Waals surface area contributed by atoms with Gasteiger partial charge in [-0.3, -0.25) is 4.79 Å². The highest BCUT2D eigenvalue weighted by molar-refractivity contribution is 7.92. The van der Waals surface area contributed by atoms with Crippen LogP contribution in [0, 0.1) is 6.92 Å². The van der Waals surface area contributed by atoms with Crippen molar-refractivity contribution in [1.82, 2.24) is 15.5 Å². The largest absolute Gasteiger partial charge is 0.360 e. The summed E-state index contributed by atoms with van der Waals surface area (Å²) in [4.78, 5) is 16.2. The van der Waals surface area contributed by atoms with Gasteiger partial charge in [-0.25, -0.2) is 17.7 Å². The molecule has 2 aromatic rings. The molecule has 0 atom stereocenters. The monoisotopic (exact) mass is 438 g/mol. The second kappa shape index (κ2) is 9.41. The van der Waals surface area contributed by atoms with Crippen LogP contribution in [-0.2, 0) is 14.8 Å². The Bertz CT molecular complexity index is 986. The molecule has 8 nitrogen and oxygen atoms in total. The molecule has 0 unspecified atom stereocenters. The van der Waals surface area contributed by atoms with Crippen molar-refractivity contribution < 1.29 is 17.7 Å². The zero-order chi connectivity index (χ0) is 20.9. The molecular weight excluding hydrogens is 416 g/mol. The van der Waals surface area contributed by atoms with Crippen molar-refractivity contribution in [3.8, 4) is 0 Å². The third kappa shape index (κ3) is 5.57. The predicted octanol–water partition coefficient (Wildman–Crippen LogP) is 3.23. The summed E-state index contributed by atoms with van der Waals surface area (Å²) in [5.74, 6) is 0.0363. The molecule has 0 aromatic carbocycles. The third-order valence-corrected chi connectivity index (χ3v) is 6.56. The number of allylic oxidation sites excluding steroid dienone is 1. The van der Waals surface area contributed by atoms with Gasteiger partial charge in [0.15, 0.2) is 5.82 Å². The van der Waals surface area contributed by atoms with Gasteiger partial charge in [-0.2, -0.15) is 0 Å². The topological polar surface area (TPSA) is 105 Å². The number of hydrogen-bond acceptors (Lipinski definition) is 6. The molecule has 1 N–H and O–H groups in total. The van der Waals surface area contributed by atoms with Crippen LogP contribution in [0.1, 0.15) is 37.9 Å². The molecule has 0 aliphatic heterocycles. The minimum absolute atomic E-state index is 0.0302. The lowest BCUT2D eigenvalue weighted by Gasteiger charge is -2.21. The van der Waals surface area contributed by atoms with Gasteiger partial charge < -0.3 is 9.84 Å². The van der Waals surface area contributed by atoms with Crippen LogP contribution in [0.25, 0.3) is 0 Å². The number of anilines is 1. The summed E-state index contributed by atoms with van der Waals surface area (Å²) in [7, 11) is -4.08. The summed E-state index contributed by atoms with van der Waals surface area (Å²) >= 11 is 5.75. The van der Waals surface area contributed by atoms with Gasteiger partial charge in [-0.05, 0) is 51.2 Å². The molecule has 0 bridgehead atoms. The van der Waals surface area contributed by atoms with Gasteiger partial charge in [0.1, 0.15) is 22.4 Å². The number of hydrogen-bond donors (Lipinski definition) is 1. The van der Waals surface area contributed by atoms with Crippen molar-refractivity contribution >= 4 is 33.3 Å². The summed E-state index contributed by atoms with van der Waals surface area (Å²) in [6, 6.07) is 4.16. The molecule has 1 amide bonds. The van der Waals surface area contributed by atoms with E-state index in [1.165, 1.54) is 36.6 Å². The minimum Gasteiger partial charge on any atom is -0.360 e. The fourth-order valence-electron chi connectivity index (χ4n) is 3.08. The Morgan fingerprint density at radius 3 is 2.79 bits per heavy atom. The fourth-order valence-corrected chi connectivity index (χ4v) is 4.49. The van der Waals surface area contributed by atoms with E-state index >= 15 is 0 Å². The van der Waals surface area contributed by atoms with Crippen molar-refractivity contribution in [1.29, 1.82) is 0 Å². The van der Waals surface area contributed by atoms with Gasteiger partial charge in [0.05, 0.1) is 0 Å². The van der Waals surface area contributed by atoms with Crippen LogP contribution in [-0.4, -0.2) is 37.6 Å². The van der Waals surface area contributed by atoms with E-state index in [1.807, 2.05) is 0 Å². The summed E-state index contributed by atoms with van der Waals surface area (Å²) in [6.07, 6.45) is 8.64. The van der Waals surface area contributed by atoms with Crippen molar-refractivity contribution in [3.63, 3.8) is 0 Å². The van der Waals surface area contributed by atoms with Crippen molar-refractivity contribution in [2.75, 3.05) is 17.4 Å². The quantitative estimate of drug-likeness (QED) is 0.501. The number of aromatic nitrogens is 2.